The van der Waals surface area contributed by atoms with Crippen molar-refractivity contribution in [3.05, 3.63) is 57.5 Å². The summed E-state index contributed by atoms with van der Waals surface area (Å²) in [6, 6.07) is 13.5. The van der Waals surface area contributed by atoms with E-state index in [0.29, 0.717) is 10.7 Å². The predicted molar refractivity (Wildman–Crippen MR) is 89.2 cm³/mol. The topological polar surface area (TPSA) is 52.0 Å². The number of anilines is 1. The van der Waals surface area contributed by atoms with Crippen molar-refractivity contribution in [2.45, 2.75) is 6.92 Å². The van der Waals surface area contributed by atoms with Gasteiger partial charge in [0.2, 0.25) is 5.88 Å². The Balaban J connectivity index is 2.25. The minimum absolute atomic E-state index is 0.264. The first-order chi connectivity index (χ1) is 10.1. The van der Waals surface area contributed by atoms with E-state index in [0.717, 1.165) is 26.7 Å². The van der Waals surface area contributed by atoms with Crippen LogP contribution in [0.3, 0.4) is 0 Å². The summed E-state index contributed by atoms with van der Waals surface area (Å²) in [5, 5.41) is 4.73. The smallest absolute Gasteiger partial charge is 0.230 e. The first-order valence-electron chi connectivity index (χ1n) is 6.34. The maximum atomic E-state index is 6.28. The molecule has 1 heterocycles. The average molecular weight is 364 g/mol. The molecule has 0 aliphatic rings. The van der Waals surface area contributed by atoms with E-state index in [2.05, 4.69) is 21.1 Å². The number of aromatic nitrogens is 1. The number of hydrogen-bond acceptors (Lipinski definition) is 3. The Morgan fingerprint density at radius 3 is 2.62 bits per heavy atom. The van der Waals surface area contributed by atoms with E-state index in [1.807, 2.05) is 49.4 Å². The summed E-state index contributed by atoms with van der Waals surface area (Å²) < 4.78 is 6.22. The van der Waals surface area contributed by atoms with Crippen molar-refractivity contribution in [3.63, 3.8) is 0 Å². The Hall–Kier alpha value is -1.78. The molecule has 106 valence electrons. The Labute approximate surface area is 135 Å². The van der Waals surface area contributed by atoms with Crippen molar-refractivity contribution in [1.29, 1.82) is 0 Å². The number of aryl methyl sites for hydroxylation is 1. The van der Waals surface area contributed by atoms with E-state index in [1.165, 1.54) is 0 Å². The van der Waals surface area contributed by atoms with Gasteiger partial charge >= 0.3 is 0 Å². The van der Waals surface area contributed by atoms with Crippen LogP contribution < -0.4 is 5.73 Å². The molecule has 0 saturated carbocycles. The average Bonchev–Trinajstić information content (AvgIpc) is 2.81. The summed E-state index contributed by atoms with van der Waals surface area (Å²) in [5.41, 5.74) is 10.2. The van der Waals surface area contributed by atoms with Gasteiger partial charge in [-0.05, 0) is 30.7 Å². The van der Waals surface area contributed by atoms with Crippen LogP contribution in [0.5, 0.6) is 0 Å². The molecule has 0 spiro atoms. The van der Waals surface area contributed by atoms with Crippen molar-refractivity contribution in [3.8, 4) is 22.4 Å². The first-order valence-corrected chi connectivity index (χ1v) is 7.51. The van der Waals surface area contributed by atoms with Gasteiger partial charge in [0.25, 0.3) is 0 Å². The highest BCUT2D eigenvalue weighted by atomic mass is 79.9. The molecule has 3 nitrogen and oxygen atoms in total. The molecule has 0 atom stereocenters. The lowest BCUT2D eigenvalue weighted by molar-refractivity contribution is 0.439. The number of nitrogens with zero attached hydrogens (tertiary/aromatic N) is 1. The monoisotopic (exact) mass is 362 g/mol. The third kappa shape index (κ3) is 2.57. The lowest BCUT2D eigenvalue weighted by Gasteiger charge is -2.07. The quantitative estimate of drug-likeness (QED) is 0.671. The van der Waals surface area contributed by atoms with Crippen molar-refractivity contribution < 1.29 is 4.52 Å². The Kier molecular flexibility index (Phi) is 3.74. The van der Waals surface area contributed by atoms with E-state index in [9.17, 15) is 0 Å². The number of rotatable bonds is 2. The standard InChI is InChI=1S/C16H12BrClN2O/c1-9-8-10(17)6-7-11(9)15-14(16(19)21-20-15)12-4-2-3-5-13(12)18/h2-8H,19H2,1H3. The minimum Gasteiger partial charge on any atom is -0.367 e. The van der Waals surface area contributed by atoms with E-state index in [1.54, 1.807) is 0 Å². The largest absolute Gasteiger partial charge is 0.367 e. The lowest BCUT2D eigenvalue weighted by Crippen LogP contribution is -1.90. The summed E-state index contributed by atoms with van der Waals surface area (Å²) in [4.78, 5) is 0. The van der Waals surface area contributed by atoms with Gasteiger partial charge in [0.15, 0.2) is 0 Å². The minimum atomic E-state index is 0.264. The predicted octanol–water partition coefficient (Wildman–Crippen LogP) is 5.32. The molecular formula is C16H12BrClN2O. The molecule has 3 rings (SSSR count). The van der Waals surface area contributed by atoms with Crippen molar-refractivity contribution in [2.24, 2.45) is 0 Å². The van der Waals surface area contributed by atoms with Gasteiger partial charge in [-0.2, -0.15) is 0 Å². The van der Waals surface area contributed by atoms with Crippen LogP contribution >= 0.6 is 27.5 Å². The highest BCUT2D eigenvalue weighted by Gasteiger charge is 2.20. The molecule has 5 heteroatoms. The molecule has 3 aromatic rings. The van der Waals surface area contributed by atoms with Gasteiger partial charge in [0, 0.05) is 20.6 Å². The van der Waals surface area contributed by atoms with E-state index >= 15 is 0 Å². The molecule has 0 bridgehead atoms. The van der Waals surface area contributed by atoms with Gasteiger partial charge in [-0.15, -0.1) is 0 Å². The highest BCUT2D eigenvalue weighted by Crippen LogP contribution is 2.40. The molecule has 2 aromatic carbocycles. The summed E-state index contributed by atoms with van der Waals surface area (Å²) in [6.07, 6.45) is 0. The van der Waals surface area contributed by atoms with Crippen molar-refractivity contribution in [2.75, 3.05) is 5.73 Å². The third-order valence-corrected chi connectivity index (χ3v) is 4.13. The normalized spacial score (nSPS) is 10.8. The van der Waals surface area contributed by atoms with Gasteiger partial charge in [0.05, 0.1) is 5.56 Å². The summed E-state index contributed by atoms with van der Waals surface area (Å²) in [5.74, 6) is 0.264. The van der Waals surface area contributed by atoms with E-state index in [-0.39, 0.29) is 5.88 Å². The molecule has 2 N–H and O–H groups in total. The Morgan fingerprint density at radius 1 is 1.14 bits per heavy atom. The zero-order valence-corrected chi connectivity index (χ0v) is 13.6. The first kappa shape index (κ1) is 14.2. The number of halogens is 2. The van der Waals surface area contributed by atoms with Gasteiger partial charge < -0.3 is 10.3 Å². The van der Waals surface area contributed by atoms with Crippen molar-refractivity contribution >= 4 is 33.4 Å². The van der Waals surface area contributed by atoms with E-state index in [4.69, 9.17) is 21.9 Å². The fraction of sp³-hybridized carbons (Fsp3) is 0.0625. The Bertz CT molecular complexity index is 814. The van der Waals surface area contributed by atoms with E-state index < -0.39 is 0 Å². The molecule has 0 amide bonds. The van der Waals surface area contributed by atoms with Crippen LogP contribution in [0, 0.1) is 6.92 Å². The second-order valence-electron chi connectivity index (χ2n) is 4.71. The molecule has 21 heavy (non-hydrogen) atoms. The van der Waals surface area contributed by atoms with Crippen LogP contribution in [-0.4, -0.2) is 5.16 Å². The molecule has 0 unspecified atom stereocenters. The highest BCUT2D eigenvalue weighted by molar-refractivity contribution is 9.10. The molecule has 1 aromatic heterocycles. The zero-order valence-electron chi connectivity index (χ0n) is 11.2. The van der Waals surface area contributed by atoms with Crippen LogP contribution in [0.1, 0.15) is 5.56 Å². The zero-order chi connectivity index (χ0) is 15.0. The molecule has 0 saturated heterocycles. The molecule has 0 aliphatic carbocycles. The number of nitrogens with two attached hydrogens (primary N) is 1. The fourth-order valence-electron chi connectivity index (χ4n) is 2.30. The summed E-state index contributed by atoms with van der Waals surface area (Å²) in [6.45, 7) is 2.02. The molecule has 0 aliphatic heterocycles. The van der Waals surface area contributed by atoms with Gasteiger partial charge in [-0.25, -0.2) is 0 Å². The molecule has 0 radical (unpaired) electrons. The lowest BCUT2D eigenvalue weighted by atomic mass is 9.98. The van der Waals surface area contributed by atoms with Crippen molar-refractivity contribution in [1.82, 2.24) is 5.16 Å². The number of benzene rings is 2. The van der Waals surface area contributed by atoms with Crippen LogP contribution in [-0.2, 0) is 0 Å². The van der Waals surface area contributed by atoms with Gasteiger partial charge in [-0.1, -0.05) is 57.0 Å². The van der Waals surface area contributed by atoms with Crippen LogP contribution in [0.2, 0.25) is 5.02 Å². The second kappa shape index (κ2) is 5.54. The van der Waals surface area contributed by atoms with Crippen LogP contribution in [0.15, 0.2) is 51.5 Å². The summed E-state index contributed by atoms with van der Waals surface area (Å²) >= 11 is 9.74. The SMILES string of the molecule is Cc1cc(Br)ccc1-c1noc(N)c1-c1ccccc1Cl. The van der Waals surface area contributed by atoms with Gasteiger partial charge in [-0.3, -0.25) is 0 Å². The van der Waals surface area contributed by atoms with Crippen LogP contribution in [0.25, 0.3) is 22.4 Å². The second-order valence-corrected chi connectivity index (χ2v) is 6.03. The number of nitrogen functional groups attached to an aromatic ring is 1. The maximum absolute atomic E-state index is 6.28. The molecule has 0 fully saturated rings. The summed E-state index contributed by atoms with van der Waals surface area (Å²) in [7, 11) is 0. The third-order valence-electron chi connectivity index (χ3n) is 3.31. The Morgan fingerprint density at radius 2 is 1.90 bits per heavy atom. The van der Waals surface area contributed by atoms with Crippen LogP contribution in [0.4, 0.5) is 5.88 Å². The molecular weight excluding hydrogens is 352 g/mol. The maximum Gasteiger partial charge on any atom is 0.230 e. The van der Waals surface area contributed by atoms with Gasteiger partial charge in [0.1, 0.15) is 5.69 Å². The fourth-order valence-corrected chi connectivity index (χ4v) is 3.01. The number of hydrogen-bond donors (Lipinski definition) is 1.